The van der Waals surface area contributed by atoms with Crippen molar-refractivity contribution in [2.24, 2.45) is 0 Å². The maximum absolute atomic E-state index is 9.48. The van der Waals surface area contributed by atoms with Crippen molar-refractivity contribution in [2.75, 3.05) is 0 Å². The third kappa shape index (κ3) is 2.74. The molecule has 0 saturated heterocycles. The lowest BCUT2D eigenvalue weighted by atomic mass is 9.99. The van der Waals surface area contributed by atoms with Crippen LogP contribution in [0.15, 0.2) is 0 Å². The summed E-state index contributed by atoms with van der Waals surface area (Å²) in [6.07, 6.45) is 7.42. The van der Waals surface area contributed by atoms with Gasteiger partial charge in [-0.2, -0.15) is 0 Å². The van der Waals surface area contributed by atoms with E-state index in [1.54, 1.807) is 0 Å². The van der Waals surface area contributed by atoms with E-state index in [4.69, 9.17) is 0 Å². The van der Waals surface area contributed by atoms with Gasteiger partial charge in [0.25, 0.3) is 0 Å². The first-order valence-electron chi connectivity index (χ1n) is 4.13. The van der Waals surface area contributed by atoms with Crippen LogP contribution in [-0.2, 0) is 0 Å². The minimum Gasteiger partial charge on any atom is -0.392 e. The van der Waals surface area contributed by atoms with Gasteiger partial charge in [0.2, 0.25) is 0 Å². The average Bonchev–Trinajstić information content (AvgIpc) is 1.92. The van der Waals surface area contributed by atoms with Gasteiger partial charge < -0.3 is 5.11 Å². The highest BCUT2D eigenvalue weighted by Gasteiger charge is 2.16. The van der Waals surface area contributed by atoms with E-state index in [0.717, 1.165) is 6.42 Å². The maximum Gasteiger partial charge on any atom is 0.0657 e. The normalized spacial score (nSPS) is 36.6. The van der Waals surface area contributed by atoms with E-state index in [0.29, 0.717) is 3.92 Å². The smallest absolute Gasteiger partial charge is 0.0657 e. The topological polar surface area (TPSA) is 20.2 Å². The van der Waals surface area contributed by atoms with Gasteiger partial charge >= 0.3 is 0 Å². The SMILES string of the molecule is O[C@@H]1CCCCCC[C@H]1I. The monoisotopic (exact) mass is 254 g/mol. The molecular formula is C8H15IO. The van der Waals surface area contributed by atoms with Gasteiger partial charge in [-0.05, 0) is 12.8 Å². The molecule has 1 saturated carbocycles. The van der Waals surface area contributed by atoms with E-state index in [9.17, 15) is 5.11 Å². The van der Waals surface area contributed by atoms with Gasteiger partial charge in [-0.25, -0.2) is 0 Å². The standard InChI is InChI=1S/C8H15IO/c9-7-5-3-1-2-4-6-8(7)10/h7-8,10H,1-6H2/t7-,8-/m1/s1. The van der Waals surface area contributed by atoms with Crippen molar-refractivity contribution in [3.63, 3.8) is 0 Å². The number of hydrogen-bond acceptors (Lipinski definition) is 1. The quantitative estimate of drug-likeness (QED) is 0.520. The molecule has 0 unspecified atom stereocenters. The Labute approximate surface area is 76.3 Å². The Balaban J connectivity index is 2.28. The predicted molar refractivity (Wildman–Crippen MR) is 51.5 cm³/mol. The van der Waals surface area contributed by atoms with Crippen molar-refractivity contribution in [3.8, 4) is 0 Å². The van der Waals surface area contributed by atoms with Gasteiger partial charge in [0, 0.05) is 3.92 Å². The zero-order valence-electron chi connectivity index (χ0n) is 6.22. The molecule has 0 amide bonds. The second kappa shape index (κ2) is 4.54. The zero-order chi connectivity index (χ0) is 7.40. The lowest BCUT2D eigenvalue weighted by Crippen LogP contribution is -2.21. The largest absolute Gasteiger partial charge is 0.392 e. The lowest BCUT2D eigenvalue weighted by molar-refractivity contribution is 0.153. The van der Waals surface area contributed by atoms with E-state index in [1.165, 1.54) is 32.1 Å². The molecule has 2 atom stereocenters. The van der Waals surface area contributed by atoms with Crippen LogP contribution in [0.5, 0.6) is 0 Å². The number of alkyl halides is 1. The maximum atomic E-state index is 9.48. The van der Waals surface area contributed by atoms with Crippen molar-refractivity contribution in [2.45, 2.75) is 48.6 Å². The molecule has 60 valence electrons. The molecule has 0 spiro atoms. The Bertz CT molecular complexity index is 83.3. The van der Waals surface area contributed by atoms with Crippen LogP contribution < -0.4 is 0 Å². The van der Waals surface area contributed by atoms with Crippen LogP contribution in [0.2, 0.25) is 0 Å². The van der Waals surface area contributed by atoms with E-state index >= 15 is 0 Å². The van der Waals surface area contributed by atoms with Crippen molar-refractivity contribution in [1.29, 1.82) is 0 Å². The van der Waals surface area contributed by atoms with Crippen LogP contribution in [0.1, 0.15) is 38.5 Å². The summed E-state index contributed by atoms with van der Waals surface area (Å²) in [5, 5.41) is 9.48. The van der Waals surface area contributed by atoms with Crippen LogP contribution in [0, 0.1) is 0 Å². The summed E-state index contributed by atoms with van der Waals surface area (Å²) < 4.78 is 0.512. The molecule has 1 rings (SSSR count). The summed E-state index contributed by atoms with van der Waals surface area (Å²) >= 11 is 2.37. The Hall–Kier alpha value is 0.690. The second-order valence-corrected chi connectivity index (χ2v) is 4.67. The molecule has 1 nitrogen and oxygen atoms in total. The molecule has 1 N–H and O–H groups in total. The highest BCUT2D eigenvalue weighted by atomic mass is 127. The average molecular weight is 254 g/mol. The van der Waals surface area contributed by atoms with Gasteiger partial charge in [-0.1, -0.05) is 48.3 Å². The second-order valence-electron chi connectivity index (χ2n) is 3.07. The minimum absolute atomic E-state index is 0.0269. The summed E-state index contributed by atoms with van der Waals surface area (Å²) in [7, 11) is 0. The highest BCUT2D eigenvalue weighted by molar-refractivity contribution is 14.1. The Morgan fingerprint density at radius 1 is 1.00 bits per heavy atom. The minimum atomic E-state index is -0.0269. The molecule has 1 aliphatic carbocycles. The van der Waals surface area contributed by atoms with Crippen LogP contribution in [0.3, 0.4) is 0 Å². The van der Waals surface area contributed by atoms with Gasteiger partial charge in [-0.15, -0.1) is 0 Å². The molecule has 0 bridgehead atoms. The molecule has 0 aromatic carbocycles. The first-order chi connectivity index (χ1) is 4.80. The fraction of sp³-hybridized carbons (Fsp3) is 1.00. The van der Waals surface area contributed by atoms with Crippen LogP contribution in [0.25, 0.3) is 0 Å². The molecule has 0 heterocycles. The number of aliphatic hydroxyl groups excluding tert-OH is 1. The highest BCUT2D eigenvalue weighted by Crippen LogP contribution is 2.22. The van der Waals surface area contributed by atoms with Gasteiger partial charge in [0.15, 0.2) is 0 Å². The Morgan fingerprint density at radius 2 is 1.60 bits per heavy atom. The Kier molecular flexibility index (Phi) is 3.99. The van der Waals surface area contributed by atoms with E-state index in [2.05, 4.69) is 22.6 Å². The summed E-state index contributed by atoms with van der Waals surface area (Å²) in [5.74, 6) is 0. The summed E-state index contributed by atoms with van der Waals surface area (Å²) in [5.41, 5.74) is 0. The van der Waals surface area contributed by atoms with Crippen LogP contribution in [-0.4, -0.2) is 15.1 Å². The number of halogens is 1. The van der Waals surface area contributed by atoms with Crippen molar-refractivity contribution in [3.05, 3.63) is 0 Å². The van der Waals surface area contributed by atoms with Crippen molar-refractivity contribution < 1.29 is 5.11 Å². The van der Waals surface area contributed by atoms with Crippen LogP contribution >= 0.6 is 22.6 Å². The molecular weight excluding hydrogens is 239 g/mol. The fourth-order valence-corrected chi connectivity index (χ4v) is 2.22. The molecule has 10 heavy (non-hydrogen) atoms. The van der Waals surface area contributed by atoms with E-state index in [1.807, 2.05) is 0 Å². The van der Waals surface area contributed by atoms with Crippen molar-refractivity contribution in [1.82, 2.24) is 0 Å². The number of rotatable bonds is 0. The first kappa shape index (κ1) is 8.78. The summed E-state index contributed by atoms with van der Waals surface area (Å²) in [4.78, 5) is 0. The van der Waals surface area contributed by atoms with Gasteiger partial charge in [0.1, 0.15) is 0 Å². The first-order valence-corrected chi connectivity index (χ1v) is 5.37. The molecule has 0 aliphatic heterocycles. The van der Waals surface area contributed by atoms with Crippen molar-refractivity contribution >= 4 is 22.6 Å². The molecule has 0 aromatic heterocycles. The van der Waals surface area contributed by atoms with Crippen LogP contribution in [0.4, 0.5) is 0 Å². The zero-order valence-corrected chi connectivity index (χ0v) is 8.38. The van der Waals surface area contributed by atoms with E-state index in [-0.39, 0.29) is 6.10 Å². The molecule has 0 aromatic rings. The molecule has 1 fully saturated rings. The Morgan fingerprint density at radius 3 is 2.30 bits per heavy atom. The van der Waals surface area contributed by atoms with Gasteiger partial charge in [-0.3, -0.25) is 0 Å². The van der Waals surface area contributed by atoms with E-state index < -0.39 is 0 Å². The lowest BCUT2D eigenvalue weighted by Gasteiger charge is -2.19. The predicted octanol–water partition coefficient (Wildman–Crippen LogP) is 2.51. The molecule has 2 heteroatoms. The summed E-state index contributed by atoms with van der Waals surface area (Å²) in [6, 6.07) is 0. The number of aliphatic hydroxyl groups is 1. The molecule has 0 radical (unpaired) electrons. The number of hydrogen-bond donors (Lipinski definition) is 1. The third-order valence-corrected chi connectivity index (χ3v) is 3.60. The third-order valence-electron chi connectivity index (χ3n) is 2.15. The fourth-order valence-electron chi connectivity index (χ4n) is 1.42. The summed E-state index contributed by atoms with van der Waals surface area (Å²) in [6.45, 7) is 0. The molecule has 1 aliphatic rings. The van der Waals surface area contributed by atoms with Gasteiger partial charge in [0.05, 0.1) is 6.10 Å².